The van der Waals surface area contributed by atoms with E-state index in [-0.39, 0.29) is 12.0 Å². The van der Waals surface area contributed by atoms with Crippen molar-refractivity contribution in [2.45, 2.75) is 57.7 Å². The molecule has 1 atom stereocenters. The predicted octanol–water partition coefficient (Wildman–Crippen LogP) is 0.638. The van der Waals surface area contributed by atoms with Crippen LogP contribution in [0.5, 0.6) is 0 Å². The summed E-state index contributed by atoms with van der Waals surface area (Å²) in [4.78, 5) is 19.8. The fraction of sp³-hybridized carbons (Fsp3) is 0.765. The summed E-state index contributed by atoms with van der Waals surface area (Å²) in [6.07, 6.45) is 5.17. The van der Waals surface area contributed by atoms with Gasteiger partial charge in [-0.2, -0.15) is 5.10 Å². The van der Waals surface area contributed by atoms with Crippen molar-refractivity contribution in [3.05, 3.63) is 11.6 Å². The fourth-order valence-corrected chi connectivity index (χ4v) is 2.94. The number of hydrogen-bond acceptors (Lipinski definition) is 6. The number of aliphatic imine (C=N–C) groups is 1. The highest BCUT2D eigenvalue weighted by Gasteiger charge is 2.22. The molecule has 2 N–H and O–H groups in total. The molecule has 1 unspecified atom stereocenters. The Morgan fingerprint density at radius 2 is 2.19 bits per heavy atom. The first-order valence-electron chi connectivity index (χ1n) is 9.11. The van der Waals surface area contributed by atoms with Crippen LogP contribution in [0.25, 0.3) is 0 Å². The SMILES string of the molecule is CN=C(NCCCCCC(=O)OC)NC1CCc2nc(COC)nn2C1. The van der Waals surface area contributed by atoms with Crippen molar-refractivity contribution in [3.63, 3.8) is 0 Å². The highest BCUT2D eigenvalue weighted by atomic mass is 16.5. The molecule has 146 valence electrons. The van der Waals surface area contributed by atoms with Crippen molar-refractivity contribution < 1.29 is 14.3 Å². The second-order valence-corrected chi connectivity index (χ2v) is 6.33. The number of unbranched alkanes of at least 4 members (excludes halogenated alkanes) is 2. The van der Waals surface area contributed by atoms with Gasteiger partial charge < -0.3 is 20.1 Å². The van der Waals surface area contributed by atoms with Crippen LogP contribution < -0.4 is 10.6 Å². The highest BCUT2D eigenvalue weighted by Crippen LogP contribution is 2.13. The average molecular weight is 366 g/mol. The normalized spacial score (nSPS) is 16.9. The Morgan fingerprint density at radius 3 is 2.92 bits per heavy atom. The molecule has 9 heteroatoms. The smallest absolute Gasteiger partial charge is 0.305 e. The maximum atomic E-state index is 11.1. The van der Waals surface area contributed by atoms with E-state index < -0.39 is 0 Å². The molecule has 2 heterocycles. The molecule has 0 radical (unpaired) electrons. The third-order valence-electron chi connectivity index (χ3n) is 4.32. The van der Waals surface area contributed by atoms with E-state index in [1.807, 2.05) is 4.68 Å². The third kappa shape index (κ3) is 6.29. The van der Waals surface area contributed by atoms with Gasteiger partial charge in [-0.05, 0) is 19.3 Å². The number of guanidine groups is 1. The molecular weight excluding hydrogens is 336 g/mol. The summed E-state index contributed by atoms with van der Waals surface area (Å²) >= 11 is 0. The Bertz CT molecular complexity index is 601. The fourth-order valence-electron chi connectivity index (χ4n) is 2.94. The lowest BCUT2D eigenvalue weighted by Gasteiger charge is -2.25. The predicted molar refractivity (Wildman–Crippen MR) is 97.8 cm³/mol. The second-order valence-electron chi connectivity index (χ2n) is 6.33. The molecule has 0 fully saturated rings. The first-order chi connectivity index (χ1) is 12.7. The van der Waals surface area contributed by atoms with Gasteiger partial charge in [-0.3, -0.25) is 9.79 Å². The van der Waals surface area contributed by atoms with Gasteiger partial charge in [0.2, 0.25) is 0 Å². The van der Waals surface area contributed by atoms with Gasteiger partial charge in [0.05, 0.1) is 13.7 Å². The first kappa shape index (κ1) is 20.2. The Morgan fingerprint density at radius 1 is 1.35 bits per heavy atom. The molecule has 1 aromatic heterocycles. The number of hydrogen-bond donors (Lipinski definition) is 2. The lowest BCUT2D eigenvalue weighted by molar-refractivity contribution is -0.140. The summed E-state index contributed by atoms with van der Waals surface area (Å²) in [5.74, 6) is 2.40. The largest absolute Gasteiger partial charge is 0.469 e. The van der Waals surface area contributed by atoms with Crippen molar-refractivity contribution in [2.24, 2.45) is 4.99 Å². The van der Waals surface area contributed by atoms with Crippen molar-refractivity contribution in [1.29, 1.82) is 0 Å². The minimum absolute atomic E-state index is 0.145. The van der Waals surface area contributed by atoms with Crippen LogP contribution in [-0.2, 0) is 33.8 Å². The Hall–Kier alpha value is -2.16. The molecule has 0 saturated heterocycles. The number of fused-ring (bicyclic) bond motifs is 1. The van der Waals surface area contributed by atoms with Gasteiger partial charge in [-0.15, -0.1) is 0 Å². The van der Waals surface area contributed by atoms with Gasteiger partial charge >= 0.3 is 5.97 Å². The molecule has 1 aliphatic heterocycles. The third-order valence-corrected chi connectivity index (χ3v) is 4.32. The number of nitrogens with one attached hydrogen (secondary N) is 2. The number of rotatable bonds is 9. The maximum Gasteiger partial charge on any atom is 0.305 e. The van der Waals surface area contributed by atoms with E-state index in [9.17, 15) is 4.79 Å². The number of carbonyl (C=O) groups is 1. The van der Waals surface area contributed by atoms with Crippen LogP contribution in [0.1, 0.15) is 43.8 Å². The summed E-state index contributed by atoms with van der Waals surface area (Å²) in [6.45, 7) is 2.03. The van der Waals surface area contributed by atoms with Gasteiger partial charge in [-0.25, -0.2) is 9.67 Å². The summed E-state index contributed by atoms with van der Waals surface area (Å²) in [6, 6.07) is 0.269. The monoisotopic (exact) mass is 366 g/mol. The second kappa shape index (κ2) is 10.7. The molecule has 26 heavy (non-hydrogen) atoms. The summed E-state index contributed by atoms with van der Waals surface area (Å²) in [5, 5.41) is 11.3. The van der Waals surface area contributed by atoms with Crippen LogP contribution in [0.2, 0.25) is 0 Å². The van der Waals surface area contributed by atoms with E-state index in [0.29, 0.717) is 13.0 Å². The zero-order valence-electron chi connectivity index (χ0n) is 16.0. The molecule has 0 spiro atoms. The van der Waals surface area contributed by atoms with E-state index >= 15 is 0 Å². The molecule has 0 aliphatic carbocycles. The summed E-state index contributed by atoms with van der Waals surface area (Å²) in [7, 11) is 4.84. The molecule has 0 amide bonds. The lowest BCUT2D eigenvalue weighted by atomic mass is 10.1. The maximum absolute atomic E-state index is 11.1. The van der Waals surface area contributed by atoms with Crippen LogP contribution in [-0.4, -0.2) is 60.5 Å². The quantitative estimate of drug-likeness (QED) is 0.286. The van der Waals surface area contributed by atoms with Crippen LogP contribution in [0.3, 0.4) is 0 Å². The van der Waals surface area contributed by atoms with Crippen LogP contribution >= 0.6 is 0 Å². The van der Waals surface area contributed by atoms with Gasteiger partial charge in [-0.1, -0.05) is 6.42 Å². The lowest BCUT2D eigenvalue weighted by Crippen LogP contribution is -2.47. The van der Waals surface area contributed by atoms with Gasteiger partial charge in [0, 0.05) is 39.6 Å². The van der Waals surface area contributed by atoms with Crippen molar-refractivity contribution in [2.75, 3.05) is 27.8 Å². The molecule has 0 aromatic carbocycles. The molecule has 2 rings (SSSR count). The number of aryl methyl sites for hydroxylation is 1. The number of aromatic nitrogens is 3. The highest BCUT2D eigenvalue weighted by molar-refractivity contribution is 5.79. The van der Waals surface area contributed by atoms with Crippen molar-refractivity contribution in [1.82, 2.24) is 25.4 Å². The standard InChI is InChI=1S/C17H30N6O3/c1-18-17(19-10-6-4-5-7-16(24)26-3)20-13-8-9-15-21-14(12-25-2)22-23(15)11-13/h13H,4-12H2,1-3H3,(H2,18,19,20). The van der Waals surface area contributed by atoms with Gasteiger partial charge in [0.1, 0.15) is 12.4 Å². The number of nitrogens with zero attached hydrogens (tertiary/aromatic N) is 4. The molecule has 1 aromatic rings. The van der Waals surface area contributed by atoms with Gasteiger partial charge in [0.25, 0.3) is 0 Å². The molecule has 9 nitrogen and oxygen atoms in total. The number of methoxy groups -OCH3 is 2. The summed E-state index contributed by atoms with van der Waals surface area (Å²) < 4.78 is 11.7. The minimum Gasteiger partial charge on any atom is -0.469 e. The molecule has 1 aliphatic rings. The van der Waals surface area contributed by atoms with Crippen LogP contribution in [0.15, 0.2) is 4.99 Å². The first-order valence-corrected chi connectivity index (χ1v) is 9.11. The van der Waals surface area contributed by atoms with Crippen molar-refractivity contribution in [3.8, 4) is 0 Å². The van der Waals surface area contributed by atoms with E-state index in [0.717, 1.165) is 62.8 Å². The zero-order valence-corrected chi connectivity index (χ0v) is 16.0. The number of esters is 1. The molecule has 0 bridgehead atoms. The minimum atomic E-state index is -0.145. The van der Waals surface area contributed by atoms with E-state index in [1.54, 1.807) is 14.2 Å². The van der Waals surface area contributed by atoms with Gasteiger partial charge in [0.15, 0.2) is 11.8 Å². The topological polar surface area (TPSA) is 103 Å². The number of carbonyl (C=O) groups excluding carboxylic acids is 1. The zero-order chi connectivity index (χ0) is 18.8. The van der Waals surface area contributed by atoms with Crippen molar-refractivity contribution >= 4 is 11.9 Å². The molecule has 0 saturated carbocycles. The van der Waals surface area contributed by atoms with E-state index in [1.165, 1.54) is 7.11 Å². The Kier molecular flexibility index (Phi) is 8.33. The Labute approximate surface area is 154 Å². The Balaban J connectivity index is 1.69. The summed E-state index contributed by atoms with van der Waals surface area (Å²) in [5.41, 5.74) is 0. The number of ether oxygens (including phenoxy) is 2. The van der Waals surface area contributed by atoms with E-state index in [4.69, 9.17) is 4.74 Å². The molecular formula is C17H30N6O3. The van der Waals surface area contributed by atoms with E-state index in [2.05, 4.69) is 30.4 Å². The van der Waals surface area contributed by atoms with Crippen LogP contribution in [0, 0.1) is 0 Å². The average Bonchev–Trinajstić information content (AvgIpc) is 3.05. The van der Waals surface area contributed by atoms with Crippen LogP contribution in [0.4, 0.5) is 0 Å².